The number of aromatic nitrogens is 5. The Labute approximate surface area is 128 Å². The molecule has 0 amide bonds. The molecule has 0 aliphatic rings. The molecule has 1 aromatic carbocycles. The smallest absolute Gasteiger partial charge is 0.281 e. The Kier molecular flexibility index (Phi) is 3.46. The van der Waals surface area contributed by atoms with Gasteiger partial charge < -0.3 is 4.74 Å². The summed E-state index contributed by atoms with van der Waals surface area (Å²) in [6.07, 6.45) is 1.51. The Morgan fingerprint density at radius 3 is 2.90 bits per heavy atom. The number of aryl methyl sites for hydroxylation is 1. The number of methoxy groups -OCH3 is 1. The maximum Gasteiger partial charge on any atom is 0.281 e. The third-order valence-corrected chi connectivity index (χ3v) is 3.79. The number of benzene rings is 1. The van der Waals surface area contributed by atoms with Gasteiger partial charge in [0.05, 0.1) is 24.3 Å². The molecule has 108 valence electrons. The van der Waals surface area contributed by atoms with Crippen LogP contribution in [0.1, 0.15) is 5.56 Å². The third kappa shape index (κ3) is 2.42. The first kappa shape index (κ1) is 13.7. The predicted molar refractivity (Wildman–Crippen MR) is 80.4 cm³/mol. The lowest BCUT2D eigenvalue weighted by atomic mass is 10.2. The lowest BCUT2D eigenvalue weighted by Crippen LogP contribution is -2.24. The molecule has 0 aliphatic heterocycles. The van der Waals surface area contributed by atoms with Gasteiger partial charge in [0.15, 0.2) is 5.65 Å². The molecule has 0 aliphatic carbocycles. The Hall–Kier alpha value is -2.22. The number of hydrogen-bond acceptors (Lipinski definition) is 5. The minimum absolute atomic E-state index is 0.208. The summed E-state index contributed by atoms with van der Waals surface area (Å²) in [6.45, 7) is 0.333. The molecular weight excluding hydrogens is 338 g/mol. The van der Waals surface area contributed by atoms with Gasteiger partial charge in [-0.1, -0.05) is 11.3 Å². The van der Waals surface area contributed by atoms with E-state index in [2.05, 4.69) is 31.3 Å². The van der Waals surface area contributed by atoms with E-state index in [1.165, 1.54) is 15.6 Å². The van der Waals surface area contributed by atoms with Crippen molar-refractivity contribution in [3.63, 3.8) is 0 Å². The van der Waals surface area contributed by atoms with Crippen molar-refractivity contribution in [1.82, 2.24) is 24.8 Å². The molecule has 3 aromatic rings. The lowest BCUT2D eigenvalue weighted by molar-refractivity contribution is 0.412. The van der Waals surface area contributed by atoms with Crippen LogP contribution in [0.25, 0.3) is 11.0 Å². The molecule has 0 N–H and O–H groups in total. The van der Waals surface area contributed by atoms with Gasteiger partial charge >= 0.3 is 0 Å². The number of hydrogen-bond donors (Lipinski definition) is 0. The van der Waals surface area contributed by atoms with E-state index in [1.807, 2.05) is 18.2 Å². The van der Waals surface area contributed by atoms with Gasteiger partial charge in [0.25, 0.3) is 5.56 Å². The van der Waals surface area contributed by atoms with Crippen molar-refractivity contribution >= 4 is 27.0 Å². The fraction of sp³-hybridized carbons (Fsp3) is 0.231. The van der Waals surface area contributed by atoms with Crippen molar-refractivity contribution in [2.24, 2.45) is 7.05 Å². The van der Waals surface area contributed by atoms with Gasteiger partial charge in [-0.15, -0.1) is 5.10 Å². The average molecular weight is 350 g/mol. The molecule has 0 fully saturated rings. The number of halogens is 1. The summed E-state index contributed by atoms with van der Waals surface area (Å²) >= 11 is 3.42. The normalized spacial score (nSPS) is 11.0. The van der Waals surface area contributed by atoms with Crippen molar-refractivity contribution in [3.8, 4) is 5.75 Å². The highest BCUT2D eigenvalue weighted by atomic mass is 79.9. The van der Waals surface area contributed by atoms with Crippen LogP contribution in [0.2, 0.25) is 0 Å². The Morgan fingerprint density at radius 1 is 1.38 bits per heavy atom. The molecule has 0 saturated heterocycles. The largest absolute Gasteiger partial charge is 0.496 e. The summed E-state index contributed by atoms with van der Waals surface area (Å²) < 4.78 is 8.85. The highest BCUT2D eigenvalue weighted by Crippen LogP contribution is 2.25. The second kappa shape index (κ2) is 5.28. The topological polar surface area (TPSA) is 74.8 Å². The first-order valence-electron chi connectivity index (χ1n) is 6.18. The summed E-state index contributed by atoms with van der Waals surface area (Å²) in [5.41, 5.74) is 1.19. The molecule has 21 heavy (non-hydrogen) atoms. The van der Waals surface area contributed by atoms with Gasteiger partial charge in [-0.3, -0.25) is 4.79 Å². The van der Waals surface area contributed by atoms with E-state index in [0.717, 1.165) is 15.8 Å². The molecule has 0 atom stereocenters. The predicted octanol–water partition coefficient (Wildman–Crippen LogP) is 1.34. The highest BCUT2D eigenvalue weighted by molar-refractivity contribution is 9.10. The van der Waals surface area contributed by atoms with Gasteiger partial charge in [-0.25, -0.2) is 9.36 Å². The molecule has 7 nitrogen and oxygen atoms in total. The fourth-order valence-electron chi connectivity index (χ4n) is 2.06. The van der Waals surface area contributed by atoms with Crippen LogP contribution < -0.4 is 10.3 Å². The summed E-state index contributed by atoms with van der Waals surface area (Å²) in [5, 5.41) is 12.5. The monoisotopic (exact) mass is 349 g/mol. The van der Waals surface area contributed by atoms with Crippen LogP contribution in [0.15, 0.2) is 33.7 Å². The van der Waals surface area contributed by atoms with Crippen LogP contribution in [0.3, 0.4) is 0 Å². The summed E-state index contributed by atoms with van der Waals surface area (Å²) in [6, 6.07) is 5.60. The zero-order chi connectivity index (χ0) is 15.0. The SMILES string of the molecule is COc1ccc(Cn2nnc3c(cnn3C)c2=O)cc1Br. The molecule has 0 radical (unpaired) electrons. The van der Waals surface area contributed by atoms with Gasteiger partial charge in [0.1, 0.15) is 11.1 Å². The van der Waals surface area contributed by atoms with Crippen molar-refractivity contribution in [1.29, 1.82) is 0 Å². The van der Waals surface area contributed by atoms with E-state index < -0.39 is 0 Å². The number of rotatable bonds is 3. The Bertz CT molecular complexity index is 871. The lowest BCUT2D eigenvalue weighted by Gasteiger charge is -2.07. The minimum Gasteiger partial charge on any atom is -0.496 e. The zero-order valence-corrected chi connectivity index (χ0v) is 13.0. The summed E-state index contributed by atoms with van der Waals surface area (Å²) in [4.78, 5) is 12.3. The van der Waals surface area contributed by atoms with Gasteiger partial charge in [-0.2, -0.15) is 5.10 Å². The average Bonchev–Trinajstić information content (AvgIpc) is 2.84. The van der Waals surface area contributed by atoms with Crippen LogP contribution in [-0.4, -0.2) is 31.9 Å². The maximum atomic E-state index is 12.3. The molecule has 0 spiro atoms. The highest BCUT2D eigenvalue weighted by Gasteiger charge is 2.10. The number of ether oxygens (including phenoxy) is 1. The molecular formula is C13H12BrN5O2. The van der Waals surface area contributed by atoms with Crippen molar-refractivity contribution in [2.75, 3.05) is 7.11 Å². The molecule has 2 aromatic heterocycles. The summed E-state index contributed by atoms with van der Waals surface area (Å²) in [5.74, 6) is 0.736. The van der Waals surface area contributed by atoms with Gasteiger partial charge in [-0.05, 0) is 33.6 Å². The van der Waals surface area contributed by atoms with E-state index >= 15 is 0 Å². The fourth-order valence-corrected chi connectivity index (χ4v) is 2.65. The molecule has 0 bridgehead atoms. The van der Waals surface area contributed by atoms with Gasteiger partial charge in [0.2, 0.25) is 0 Å². The Morgan fingerprint density at radius 2 is 2.19 bits per heavy atom. The third-order valence-electron chi connectivity index (χ3n) is 3.17. The van der Waals surface area contributed by atoms with Crippen LogP contribution in [-0.2, 0) is 13.6 Å². The van der Waals surface area contributed by atoms with E-state index in [1.54, 1.807) is 14.2 Å². The first-order chi connectivity index (χ1) is 10.1. The number of fused-ring (bicyclic) bond motifs is 1. The van der Waals surface area contributed by atoms with Crippen molar-refractivity contribution < 1.29 is 4.74 Å². The van der Waals surface area contributed by atoms with E-state index in [0.29, 0.717) is 17.6 Å². The summed E-state index contributed by atoms with van der Waals surface area (Å²) in [7, 11) is 3.33. The molecule has 0 saturated carbocycles. The molecule has 8 heteroatoms. The van der Waals surface area contributed by atoms with Gasteiger partial charge in [0, 0.05) is 7.05 Å². The minimum atomic E-state index is -0.208. The van der Waals surface area contributed by atoms with E-state index in [4.69, 9.17) is 4.74 Å². The molecule has 2 heterocycles. The van der Waals surface area contributed by atoms with Crippen LogP contribution >= 0.6 is 15.9 Å². The molecule has 0 unspecified atom stereocenters. The zero-order valence-electron chi connectivity index (χ0n) is 11.4. The first-order valence-corrected chi connectivity index (χ1v) is 6.97. The van der Waals surface area contributed by atoms with E-state index in [-0.39, 0.29) is 5.56 Å². The quantitative estimate of drug-likeness (QED) is 0.713. The Balaban J connectivity index is 2.00. The van der Waals surface area contributed by atoms with Crippen molar-refractivity contribution in [3.05, 3.63) is 44.8 Å². The van der Waals surface area contributed by atoms with E-state index in [9.17, 15) is 4.79 Å². The number of nitrogens with zero attached hydrogens (tertiary/aromatic N) is 5. The van der Waals surface area contributed by atoms with Crippen LogP contribution in [0.4, 0.5) is 0 Å². The second-order valence-corrected chi connectivity index (χ2v) is 5.38. The standard InChI is InChI=1S/C13H12BrN5O2/c1-18-12-9(6-15-18)13(20)19(17-16-12)7-8-3-4-11(21-2)10(14)5-8/h3-6H,7H2,1-2H3. The van der Waals surface area contributed by atoms with Crippen molar-refractivity contribution in [2.45, 2.75) is 6.54 Å². The second-order valence-electron chi connectivity index (χ2n) is 4.53. The molecule has 3 rings (SSSR count). The van der Waals surface area contributed by atoms with Crippen LogP contribution in [0.5, 0.6) is 5.75 Å². The van der Waals surface area contributed by atoms with Crippen LogP contribution in [0, 0.1) is 0 Å². The maximum absolute atomic E-state index is 12.3.